The fourth-order valence-electron chi connectivity index (χ4n) is 2.85. The van der Waals surface area contributed by atoms with E-state index in [1.54, 1.807) is 25.5 Å². The highest BCUT2D eigenvalue weighted by Gasteiger charge is 2.16. The predicted octanol–water partition coefficient (Wildman–Crippen LogP) is 4.00. The van der Waals surface area contributed by atoms with Gasteiger partial charge < -0.3 is 9.88 Å². The van der Waals surface area contributed by atoms with Crippen LogP contribution in [0.2, 0.25) is 0 Å². The van der Waals surface area contributed by atoms with E-state index in [0.717, 1.165) is 18.5 Å². The van der Waals surface area contributed by atoms with Gasteiger partial charge in [-0.05, 0) is 30.5 Å². The molecule has 0 radical (unpaired) electrons. The standard InChI is InChI=1S/C21H22FN3O/c1-16(21(26)24-10-5-12-25-13-11-23-15-25)18-8-9-19(20(22)14-18)17-6-3-2-4-7-17/h2-4,6-9,11,13-16H,5,10,12H2,1H3,(H,24,26). The zero-order chi connectivity index (χ0) is 18.4. The Morgan fingerprint density at radius 2 is 2.04 bits per heavy atom. The van der Waals surface area contributed by atoms with E-state index in [-0.39, 0.29) is 11.7 Å². The fourth-order valence-corrected chi connectivity index (χ4v) is 2.85. The average Bonchev–Trinajstić information content (AvgIpc) is 3.18. The van der Waals surface area contributed by atoms with Crippen molar-refractivity contribution >= 4 is 5.91 Å². The molecule has 1 unspecified atom stereocenters. The van der Waals surface area contributed by atoms with Crippen LogP contribution in [-0.4, -0.2) is 22.0 Å². The van der Waals surface area contributed by atoms with E-state index in [4.69, 9.17) is 0 Å². The van der Waals surface area contributed by atoms with Crippen molar-refractivity contribution in [3.05, 3.63) is 78.6 Å². The Morgan fingerprint density at radius 1 is 1.23 bits per heavy atom. The third-order valence-corrected chi connectivity index (χ3v) is 4.42. The van der Waals surface area contributed by atoms with Crippen molar-refractivity contribution in [3.63, 3.8) is 0 Å². The topological polar surface area (TPSA) is 46.9 Å². The summed E-state index contributed by atoms with van der Waals surface area (Å²) in [6, 6.07) is 14.4. The second kappa shape index (κ2) is 8.43. The number of hydrogen-bond acceptors (Lipinski definition) is 2. The number of amides is 1. The summed E-state index contributed by atoms with van der Waals surface area (Å²) in [5.74, 6) is -0.807. The summed E-state index contributed by atoms with van der Waals surface area (Å²) in [6.45, 7) is 3.17. The van der Waals surface area contributed by atoms with Gasteiger partial charge in [0.05, 0.1) is 12.2 Å². The van der Waals surface area contributed by atoms with Crippen LogP contribution in [-0.2, 0) is 11.3 Å². The second-order valence-corrected chi connectivity index (χ2v) is 6.27. The maximum atomic E-state index is 14.5. The molecule has 3 aromatic rings. The van der Waals surface area contributed by atoms with Crippen LogP contribution < -0.4 is 5.32 Å². The van der Waals surface area contributed by atoms with Crippen molar-refractivity contribution in [3.8, 4) is 11.1 Å². The largest absolute Gasteiger partial charge is 0.356 e. The molecule has 0 bridgehead atoms. The molecule has 1 N–H and O–H groups in total. The first-order valence-electron chi connectivity index (χ1n) is 8.73. The highest BCUT2D eigenvalue weighted by molar-refractivity contribution is 5.83. The lowest BCUT2D eigenvalue weighted by molar-refractivity contribution is -0.122. The van der Waals surface area contributed by atoms with Crippen LogP contribution in [0.5, 0.6) is 0 Å². The van der Waals surface area contributed by atoms with Crippen molar-refractivity contribution in [1.82, 2.24) is 14.9 Å². The molecular weight excluding hydrogens is 329 g/mol. The minimum atomic E-state index is -0.400. The highest BCUT2D eigenvalue weighted by atomic mass is 19.1. The van der Waals surface area contributed by atoms with Gasteiger partial charge in [0.2, 0.25) is 5.91 Å². The van der Waals surface area contributed by atoms with Gasteiger partial charge in [0.15, 0.2) is 0 Å². The number of benzene rings is 2. The lowest BCUT2D eigenvalue weighted by Crippen LogP contribution is -2.29. The van der Waals surface area contributed by atoms with E-state index >= 15 is 0 Å². The van der Waals surface area contributed by atoms with Gasteiger partial charge >= 0.3 is 0 Å². The fraction of sp³-hybridized carbons (Fsp3) is 0.238. The molecule has 2 aromatic carbocycles. The molecule has 134 valence electrons. The highest BCUT2D eigenvalue weighted by Crippen LogP contribution is 2.26. The van der Waals surface area contributed by atoms with E-state index in [1.807, 2.05) is 47.2 Å². The normalized spacial score (nSPS) is 11.9. The van der Waals surface area contributed by atoms with Gasteiger partial charge in [-0.3, -0.25) is 4.79 Å². The predicted molar refractivity (Wildman–Crippen MR) is 100 cm³/mol. The number of nitrogens with one attached hydrogen (secondary N) is 1. The molecule has 3 rings (SSSR count). The molecular formula is C21H22FN3O. The van der Waals surface area contributed by atoms with Crippen molar-refractivity contribution < 1.29 is 9.18 Å². The molecule has 1 heterocycles. The lowest BCUT2D eigenvalue weighted by atomic mass is 9.96. The van der Waals surface area contributed by atoms with Gasteiger partial charge in [-0.2, -0.15) is 0 Å². The molecule has 1 atom stereocenters. The van der Waals surface area contributed by atoms with Crippen molar-refractivity contribution in [2.24, 2.45) is 0 Å². The van der Waals surface area contributed by atoms with Crippen LogP contribution >= 0.6 is 0 Å². The Balaban J connectivity index is 1.57. The molecule has 0 aliphatic heterocycles. The Kier molecular flexibility index (Phi) is 5.79. The molecule has 0 saturated heterocycles. The number of rotatable bonds is 7. The van der Waals surface area contributed by atoms with Gasteiger partial charge in [0.1, 0.15) is 5.82 Å². The van der Waals surface area contributed by atoms with E-state index in [9.17, 15) is 9.18 Å². The minimum absolute atomic E-state index is 0.0949. The third kappa shape index (κ3) is 4.36. The quantitative estimate of drug-likeness (QED) is 0.654. The molecule has 0 spiro atoms. The number of hydrogen-bond donors (Lipinski definition) is 1. The van der Waals surface area contributed by atoms with Gasteiger partial charge in [0, 0.05) is 31.0 Å². The summed E-state index contributed by atoms with van der Waals surface area (Å²) in [6.07, 6.45) is 6.19. The molecule has 0 aliphatic carbocycles. The summed E-state index contributed by atoms with van der Waals surface area (Å²) in [5.41, 5.74) is 2.05. The van der Waals surface area contributed by atoms with Crippen LogP contribution in [0.25, 0.3) is 11.1 Å². The Morgan fingerprint density at radius 3 is 2.73 bits per heavy atom. The molecule has 4 nitrogen and oxygen atoms in total. The molecule has 26 heavy (non-hydrogen) atoms. The summed E-state index contributed by atoms with van der Waals surface area (Å²) in [7, 11) is 0. The Hall–Kier alpha value is -2.95. The maximum Gasteiger partial charge on any atom is 0.227 e. The number of nitrogens with zero attached hydrogens (tertiary/aromatic N) is 2. The molecule has 0 saturated carbocycles. The molecule has 0 fully saturated rings. The molecule has 5 heteroatoms. The van der Waals surface area contributed by atoms with Crippen molar-refractivity contribution in [2.45, 2.75) is 25.8 Å². The van der Waals surface area contributed by atoms with Crippen LogP contribution in [0.1, 0.15) is 24.8 Å². The zero-order valence-corrected chi connectivity index (χ0v) is 14.7. The number of halogens is 1. The number of aromatic nitrogens is 2. The van der Waals surface area contributed by atoms with Crippen LogP contribution in [0.15, 0.2) is 67.3 Å². The number of carbonyl (C=O) groups is 1. The van der Waals surface area contributed by atoms with E-state index < -0.39 is 5.92 Å². The third-order valence-electron chi connectivity index (χ3n) is 4.42. The maximum absolute atomic E-state index is 14.5. The smallest absolute Gasteiger partial charge is 0.227 e. The number of carbonyl (C=O) groups excluding carboxylic acids is 1. The number of aryl methyl sites for hydroxylation is 1. The SMILES string of the molecule is CC(C(=O)NCCCn1ccnc1)c1ccc(-c2ccccc2)c(F)c1. The van der Waals surface area contributed by atoms with Crippen molar-refractivity contribution in [1.29, 1.82) is 0 Å². The second-order valence-electron chi connectivity index (χ2n) is 6.27. The molecule has 1 aromatic heterocycles. The van der Waals surface area contributed by atoms with E-state index in [1.165, 1.54) is 6.07 Å². The first-order chi connectivity index (χ1) is 12.6. The minimum Gasteiger partial charge on any atom is -0.356 e. The summed E-state index contributed by atoms with van der Waals surface area (Å²) in [5, 5.41) is 2.91. The lowest BCUT2D eigenvalue weighted by Gasteiger charge is -2.14. The monoisotopic (exact) mass is 351 g/mol. The number of imidazole rings is 1. The van der Waals surface area contributed by atoms with Gasteiger partial charge in [0.25, 0.3) is 0 Å². The summed E-state index contributed by atoms with van der Waals surface area (Å²) >= 11 is 0. The Bertz CT molecular complexity index is 847. The van der Waals surface area contributed by atoms with Crippen LogP contribution in [0, 0.1) is 5.82 Å². The average molecular weight is 351 g/mol. The van der Waals surface area contributed by atoms with Gasteiger partial charge in [-0.25, -0.2) is 9.37 Å². The molecule has 1 amide bonds. The van der Waals surface area contributed by atoms with Crippen molar-refractivity contribution in [2.75, 3.05) is 6.54 Å². The van der Waals surface area contributed by atoms with E-state index in [2.05, 4.69) is 10.3 Å². The first-order valence-corrected chi connectivity index (χ1v) is 8.73. The van der Waals surface area contributed by atoms with E-state index in [0.29, 0.717) is 17.7 Å². The summed E-state index contributed by atoms with van der Waals surface area (Å²) in [4.78, 5) is 16.3. The summed E-state index contributed by atoms with van der Waals surface area (Å²) < 4.78 is 16.4. The van der Waals surface area contributed by atoms with Crippen LogP contribution in [0.4, 0.5) is 4.39 Å². The first kappa shape index (κ1) is 17.9. The van der Waals surface area contributed by atoms with Gasteiger partial charge in [-0.15, -0.1) is 0 Å². The van der Waals surface area contributed by atoms with Gasteiger partial charge in [-0.1, -0.05) is 42.5 Å². The molecule has 0 aliphatic rings. The zero-order valence-electron chi connectivity index (χ0n) is 14.7. The van der Waals surface area contributed by atoms with Crippen LogP contribution in [0.3, 0.4) is 0 Å². The Labute approximate surface area is 152 Å².